The van der Waals surface area contributed by atoms with Crippen molar-refractivity contribution in [3.05, 3.63) is 71.8 Å². The number of ketones is 5. The molecule has 2 N–H and O–H groups in total. The molecule has 2 aliphatic rings. The Hall–Kier alpha value is -4.46. The van der Waals surface area contributed by atoms with Crippen molar-refractivity contribution in [1.29, 1.82) is 0 Å². The van der Waals surface area contributed by atoms with Crippen molar-refractivity contribution in [2.24, 2.45) is 23.2 Å². The minimum atomic E-state index is -1.43. The molecule has 0 unspecified atom stereocenters. The Bertz CT molecular complexity index is 1530. The average molecular weight is 512 g/mol. The lowest BCUT2D eigenvalue weighted by atomic mass is 9.61. The van der Waals surface area contributed by atoms with Crippen LogP contribution in [0.2, 0.25) is 0 Å². The van der Waals surface area contributed by atoms with Crippen LogP contribution in [0.3, 0.4) is 0 Å². The van der Waals surface area contributed by atoms with Gasteiger partial charge in [-0.2, -0.15) is 0 Å². The molecule has 192 valence electrons. The normalized spacial score (nSPS) is 21.0. The maximum absolute atomic E-state index is 13.6. The lowest BCUT2D eigenvalue weighted by molar-refractivity contribution is -0.153. The molecule has 1 fully saturated rings. The van der Waals surface area contributed by atoms with Gasteiger partial charge in [-0.3, -0.25) is 28.8 Å². The van der Waals surface area contributed by atoms with Crippen molar-refractivity contribution < 1.29 is 33.9 Å². The van der Waals surface area contributed by atoms with Gasteiger partial charge in [0.15, 0.2) is 17.3 Å². The summed E-state index contributed by atoms with van der Waals surface area (Å²) in [5.74, 6) is -8.10. The number of phenolic OH excluding ortho intramolecular Hbond substituents is 1. The number of hydrogen-bond acceptors (Lipinski definition) is 7. The molecule has 2 aliphatic carbocycles. The van der Waals surface area contributed by atoms with Crippen molar-refractivity contribution >= 4 is 51.3 Å². The monoisotopic (exact) mass is 511 g/mol. The predicted octanol–water partition coefficient (Wildman–Crippen LogP) is 3.94. The fraction of sp³-hybridized carbons (Fsp3) is 0.267. The summed E-state index contributed by atoms with van der Waals surface area (Å²) < 4.78 is 0. The van der Waals surface area contributed by atoms with E-state index in [0.29, 0.717) is 5.39 Å². The number of carbonyl (C=O) groups is 6. The van der Waals surface area contributed by atoms with Gasteiger partial charge in [-0.1, -0.05) is 56.3 Å². The highest BCUT2D eigenvalue weighted by Gasteiger charge is 2.54. The smallest absolute Gasteiger partial charge is 0.292 e. The molecule has 0 heterocycles. The van der Waals surface area contributed by atoms with Crippen LogP contribution in [0.15, 0.2) is 60.7 Å². The fourth-order valence-corrected chi connectivity index (χ4v) is 5.69. The topological polar surface area (TPSA) is 135 Å². The Morgan fingerprint density at radius 2 is 1.55 bits per heavy atom. The molecule has 8 heteroatoms. The second-order valence-corrected chi connectivity index (χ2v) is 10.6. The van der Waals surface area contributed by atoms with Crippen LogP contribution in [-0.4, -0.2) is 39.9 Å². The van der Waals surface area contributed by atoms with Gasteiger partial charge >= 0.3 is 0 Å². The van der Waals surface area contributed by atoms with E-state index >= 15 is 0 Å². The van der Waals surface area contributed by atoms with Gasteiger partial charge < -0.3 is 10.4 Å². The summed E-state index contributed by atoms with van der Waals surface area (Å²) in [6, 6.07) is 16.0. The maximum Gasteiger partial charge on any atom is 0.292 e. The third kappa shape index (κ3) is 4.12. The van der Waals surface area contributed by atoms with E-state index in [1.165, 1.54) is 24.3 Å². The summed E-state index contributed by atoms with van der Waals surface area (Å²) in [5, 5.41) is 13.6. The van der Waals surface area contributed by atoms with Gasteiger partial charge in [0.05, 0.1) is 17.8 Å². The number of rotatable bonds is 5. The Balaban J connectivity index is 1.40. The molecule has 3 aromatic rings. The molecule has 3 aromatic carbocycles. The number of hydrogen-bond donors (Lipinski definition) is 2. The first-order chi connectivity index (χ1) is 18.0. The van der Waals surface area contributed by atoms with Crippen molar-refractivity contribution in [2.75, 3.05) is 5.32 Å². The molecule has 0 spiro atoms. The van der Waals surface area contributed by atoms with Crippen molar-refractivity contribution in [1.82, 2.24) is 0 Å². The largest absolute Gasteiger partial charge is 0.508 e. The van der Waals surface area contributed by atoms with E-state index in [1.807, 2.05) is 0 Å². The summed E-state index contributed by atoms with van der Waals surface area (Å²) in [7, 11) is 0. The third-order valence-electron chi connectivity index (χ3n) is 7.59. The highest BCUT2D eigenvalue weighted by Crippen LogP contribution is 2.43. The Morgan fingerprint density at radius 1 is 0.895 bits per heavy atom. The first-order valence-electron chi connectivity index (χ1n) is 12.3. The third-order valence-corrected chi connectivity index (χ3v) is 7.59. The molecule has 0 aliphatic heterocycles. The molecule has 0 bridgehead atoms. The van der Waals surface area contributed by atoms with Crippen LogP contribution in [0.4, 0.5) is 5.69 Å². The zero-order valence-electron chi connectivity index (χ0n) is 20.8. The fourth-order valence-electron chi connectivity index (χ4n) is 5.69. The first-order valence-corrected chi connectivity index (χ1v) is 12.3. The van der Waals surface area contributed by atoms with Crippen molar-refractivity contribution in [3.63, 3.8) is 0 Å². The number of nitrogens with one attached hydrogen (secondary N) is 1. The predicted molar refractivity (Wildman–Crippen MR) is 138 cm³/mol. The van der Waals surface area contributed by atoms with Gasteiger partial charge in [0.1, 0.15) is 11.5 Å². The Kier molecular flexibility index (Phi) is 6.06. The van der Waals surface area contributed by atoms with Crippen molar-refractivity contribution in [2.45, 2.75) is 26.7 Å². The molecule has 2 atom stereocenters. The quantitative estimate of drug-likeness (QED) is 0.391. The number of carbonyl (C=O) groups excluding carboxylic acids is 6. The summed E-state index contributed by atoms with van der Waals surface area (Å²) in [4.78, 5) is 78.9. The molecule has 8 nitrogen and oxygen atoms in total. The van der Waals surface area contributed by atoms with E-state index in [-0.39, 0.29) is 35.4 Å². The van der Waals surface area contributed by atoms with Crippen LogP contribution in [0.1, 0.15) is 47.4 Å². The van der Waals surface area contributed by atoms with Gasteiger partial charge in [-0.15, -0.1) is 0 Å². The van der Waals surface area contributed by atoms with Crippen LogP contribution in [0.5, 0.6) is 5.75 Å². The van der Waals surface area contributed by atoms with Gasteiger partial charge in [0.25, 0.3) is 5.91 Å². The maximum atomic E-state index is 13.6. The van der Waals surface area contributed by atoms with E-state index in [2.05, 4.69) is 5.32 Å². The zero-order valence-corrected chi connectivity index (χ0v) is 20.8. The molecule has 5 rings (SSSR count). The first kappa shape index (κ1) is 25.2. The molecular formula is C30H25NO7. The summed E-state index contributed by atoms with van der Waals surface area (Å²) in [5.41, 5.74) is -0.341. The number of amides is 1. The standard InChI is InChI=1S/C30H25NO7/c1-30(2)14-23(33)20(13-21-25(34)17-7-3-4-8-18(17)26(21)35)27(36)24(30)28(37)29(38)31-22-9-5-6-15-10-11-16(32)12-19(15)22/h3-12,20-21,24,32H,13-14H2,1-2H3,(H,31,38)/t20-,24+/m0/s1. The highest BCUT2D eigenvalue weighted by molar-refractivity contribution is 6.45. The van der Waals surface area contributed by atoms with Gasteiger partial charge in [0, 0.05) is 28.6 Å². The zero-order chi connectivity index (χ0) is 27.4. The number of Topliss-reactive ketones (excluding diaryl/α,β-unsaturated/α-hetero) is 5. The van der Waals surface area contributed by atoms with E-state index < -0.39 is 58.0 Å². The van der Waals surface area contributed by atoms with E-state index in [9.17, 15) is 33.9 Å². The van der Waals surface area contributed by atoms with E-state index in [1.54, 1.807) is 50.2 Å². The van der Waals surface area contributed by atoms with Gasteiger partial charge in [-0.25, -0.2) is 0 Å². The Morgan fingerprint density at radius 3 is 2.21 bits per heavy atom. The molecule has 38 heavy (non-hydrogen) atoms. The SMILES string of the molecule is CC1(C)CC(=O)[C@H](CC2C(=O)c3ccccc3C2=O)C(=O)[C@@H]1C(=O)C(=O)Nc1cccc2ccc(O)cc12. The molecule has 1 amide bonds. The minimum Gasteiger partial charge on any atom is -0.508 e. The number of benzene rings is 3. The summed E-state index contributed by atoms with van der Waals surface area (Å²) in [6.07, 6.45) is -0.481. The average Bonchev–Trinajstić information content (AvgIpc) is 3.11. The van der Waals surface area contributed by atoms with Crippen LogP contribution in [0, 0.1) is 23.2 Å². The minimum absolute atomic E-state index is 0.0198. The summed E-state index contributed by atoms with van der Waals surface area (Å²) in [6.45, 7) is 3.15. The highest BCUT2D eigenvalue weighted by atomic mass is 16.3. The van der Waals surface area contributed by atoms with Gasteiger partial charge in [-0.05, 0) is 35.4 Å². The second-order valence-electron chi connectivity index (χ2n) is 10.6. The van der Waals surface area contributed by atoms with E-state index in [4.69, 9.17) is 0 Å². The number of fused-ring (bicyclic) bond motifs is 2. The number of aromatic hydroxyl groups is 1. The van der Waals surface area contributed by atoms with Gasteiger partial charge in [0.2, 0.25) is 5.78 Å². The molecule has 0 radical (unpaired) electrons. The lowest BCUT2D eigenvalue weighted by Crippen LogP contribution is -2.52. The van der Waals surface area contributed by atoms with Crippen LogP contribution in [0.25, 0.3) is 10.8 Å². The number of anilines is 1. The molecular weight excluding hydrogens is 486 g/mol. The Labute approximate surface area is 218 Å². The molecule has 0 saturated heterocycles. The van der Waals surface area contributed by atoms with E-state index in [0.717, 1.165) is 5.39 Å². The molecule has 0 aromatic heterocycles. The number of phenols is 1. The summed E-state index contributed by atoms with van der Waals surface area (Å²) >= 11 is 0. The van der Waals surface area contributed by atoms with Crippen LogP contribution < -0.4 is 5.32 Å². The molecule has 1 saturated carbocycles. The second kappa shape index (κ2) is 9.13. The van der Waals surface area contributed by atoms with Crippen LogP contribution in [-0.2, 0) is 19.2 Å². The lowest BCUT2D eigenvalue weighted by Gasteiger charge is -2.39. The van der Waals surface area contributed by atoms with Crippen molar-refractivity contribution in [3.8, 4) is 5.75 Å². The van der Waals surface area contributed by atoms with Crippen LogP contribution >= 0.6 is 0 Å².